The molecule has 1 aliphatic heterocycles. The lowest BCUT2D eigenvalue weighted by atomic mass is 10.00. The van der Waals surface area contributed by atoms with Gasteiger partial charge in [0, 0.05) is 43.3 Å². The van der Waals surface area contributed by atoms with Crippen molar-refractivity contribution in [2.75, 3.05) is 18.4 Å². The summed E-state index contributed by atoms with van der Waals surface area (Å²) in [5.74, 6) is -0.398. The SMILES string of the molecule is CC[C@H]1CN(C(=O)CCC(F)(F)F)C[C@H]1Nc1c(C#N)cnc2[nH]ccc12. The fourth-order valence-electron chi connectivity index (χ4n) is 3.49. The van der Waals surface area contributed by atoms with Crippen molar-refractivity contribution in [2.45, 2.75) is 38.4 Å². The Kier molecular flexibility index (Phi) is 5.26. The van der Waals surface area contributed by atoms with Gasteiger partial charge in [0.1, 0.15) is 11.7 Å². The van der Waals surface area contributed by atoms with E-state index >= 15 is 0 Å². The molecule has 1 amide bonds. The number of nitriles is 1. The van der Waals surface area contributed by atoms with Crippen LogP contribution in [0.3, 0.4) is 0 Å². The number of fused-ring (bicyclic) bond motifs is 1. The molecule has 2 N–H and O–H groups in total. The van der Waals surface area contributed by atoms with Crippen LogP contribution in [0, 0.1) is 17.2 Å². The molecule has 144 valence electrons. The minimum absolute atomic E-state index is 0.0912. The van der Waals surface area contributed by atoms with Crippen molar-refractivity contribution in [3.05, 3.63) is 24.0 Å². The van der Waals surface area contributed by atoms with Crippen molar-refractivity contribution in [3.63, 3.8) is 0 Å². The van der Waals surface area contributed by atoms with Gasteiger partial charge >= 0.3 is 6.18 Å². The van der Waals surface area contributed by atoms with E-state index in [4.69, 9.17) is 0 Å². The molecule has 3 heterocycles. The Balaban J connectivity index is 1.76. The second kappa shape index (κ2) is 7.47. The van der Waals surface area contributed by atoms with Crippen LogP contribution in [0.5, 0.6) is 0 Å². The van der Waals surface area contributed by atoms with Gasteiger partial charge in [0.05, 0.1) is 17.7 Å². The Hall–Kier alpha value is -2.76. The summed E-state index contributed by atoms with van der Waals surface area (Å²) in [7, 11) is 0. The molecular weight excluding hydrogens is 359 g/mol. The maximum Gasteiger partial charge on any atom is 0.389 e. The van der Waals surface area contributed by atoms with Crippen LogP contribution in [0.2, 0.25) is 0 Å². The van der Waals surface area contributed by atoms with E-state index in [0.29, 0.717) is 30.0 Å². The summed E-state index contributed by atoms with van der Waals surface area (Å²) in [6.45, 7) is 2.70. The first-order valence-corrected chi connectivity index (χ1v) is 8.79. The molecule has 3 rings (SSSR count). The second-order valence-electron chi connectivity index (χ2n) is 6.73. The summed E-state index contributed by atoms with van der Waals surface area (Å²) >= 11 is 0. The molecule has 0 aliphatic carbocycles. The highest BCUT2D eigenvalue weighted by molar-refractivity contribution is 5.92. The van der Waals surface area contributed by atoms with Gasteiger partial charge in [0.25, 0.3) is 0 Å². The number of carbonyl (C=O) groups is 1. The number of hydrogen-bond acceptors (Lipinski definition) is 4. The van der Waals surface area contributed by atoms with Crippen LogP contribution in [-0.2, 0) is 4.79 Å². The molecular formula is C18H20F3N5O. The average molecular weight is 379 g/mol. The third kappa shape index (κ3) is 4.15. The Morgan fingerprint density at radius 1 is 1.48 bits per heavy atom. The number of aromatic nitrogens is 2. The second-order valence-corrected chi connectivity index (χ2v) is 6.73. The molecule has 1 aliphatic rings. The van der Waals surface area contributed by atoms with Gasteiger partial charge in [0.15, 0.2) is 0 Å². The Labute approximate surface area is 154 Å². The highest BCUT2D eigenvalue weighted by Crippen LogP contribution is 2.31. The first-order chi connectivity index (χ1) is 12.8. The van der Waals surface area contributed by atoms with Crippen LogP contribution in [0.15, 0.2) is 18.5 Å². The molecule has 6 nitrogen and oxygen atoms in total. The number of carbonyl (C=O) groups excluding carboxylic acids is 1. The highest BCUT2D eigenvalue weighted by Gasteiger charge is 2.36. The molecule has 0 radical (unpaired) electrons. The summed E-state index contributed by atoms with van der Waals surface area (Å²) in [5, 5.41) is 13.5. The minimum Gasteiger partial charge on any atom is -0.378 e. The van der Waals surface area contributed by atoms with Crippen molar-refractivity contribution in [2.24, 2.45) is 5.92 Å². The Morgan fingerprint density at radius 2 is 2.26 bits per heavy atom. The molecule has 0 spiro atoms. The van der Waals surface area contributed by atoms with Gasteiger partial charge in [-0.25, -0.2) is 4.98 Å². The van der Waals surface area contributed by atoms with Crippen LogP contribution in [0.1, 0.15) is 31.7 Å². The van der Waals surface area contributed by atoms with Gasteiger partial charge in [0.2, 0.25) is 5.91 Å². The predicted molar refractivity (Wildman–Crippen MR) is 93.9 cm³/mol. The lowest BCUT2D eigenvalue weighted by molar-refractivity contribution is -0.148. The molecule has 2 aromatic heterocycles. The van der Waals surface area contributed by atoms with E-state index < -0.39 is 24.9 Å². The van der Waals surface area contributed by atoms with E-state index in [9.17, 15) is 23.2 Å². The quantitative estimate of drug-likeness (QED) is 0.834. The van der Waals surface area contributed by atoms with Gasteiger partial charge in [-0.1, -0.05) is 6.92 Å². The summed E-state index contributed by atoms with van der Waals surface area (Å²) in [6, 6.07) is 3.78. The number of alkyl halides is 3. The topological polar surface area (TPSA) is 84.8 Å². The molecule has 0 unspecified atom stereocenters. The summed E-state index contributed by atoms with van der Waals surface area (Å²) in [5.41, 5.74) is 1.66. The molecule has 9 heteroatoms. The number of nitrogens with one attached hydrogen (secondary N) is 2. The third-order valence-corrected chi connectivity index (χ3v) is 4.98. The van der Waals surface area contributed by atoms with E-state index in [1.807, 2.05) is 13.0 Å². The van der Waals surface area contributed by atoms with Crippen LogP contribution in [0.25, 0.3) is 11.0 Å². The van der Waals surface area contributed by atoms with Crippen molar-refractivity contribution < 1.29 is 18.0 Å². The third-order valence-electron chi connectivity index (χ3n) is 4.98. The average Bonchev–Trinajstić information content (AvgIpc) is 3.26. The van der Waals surface area contributed by atoms with E-state index in [1.165, 1.54) is 11.1 Å². The number of hydrogen-bond donors (Lipinski definition) is 2. The molecule has 1 fully saturated rings. The number of amides is 1. The van der Waals surface area contributed by atoms with E-state index in [-0.39, 0.29) is 12.0 Å². The van der Waals surface area contributed by atoms with Crippen molar-refractivity contribution >= 4 is 22.6 Å². The lowest BCUT2D eigenvalue weighted by Crippen LogP contribution is -2.32. The fraction of sp³-hybridized carbons (Fsp3) is 0.500. The molecule has 1 saturated heterocycles. The van der Waals surface area contributed by atoms with Gasteiger partial charge in [-0.15, -0.1) is 0 Å². The molecule has 2 aromatic rings. The molecule has 0 aromatic carbocycles. The maximum atomic E-state index is 12.4. The standard InChI is InChI=1S/C18H20F3N5O/c1-2-11-9-26(15(27)3-5-18(19,20)21)10-14(11)25-16-12(7-22)8-24-17-13(16)4-6-23-17/h4,6,8,11,14H,2-3,5,9-10H2,1H3,(H2,23,24,25)/t11-,14+/m0/s1. The van der Waals surface area contributed by atoms with E-state index in [2.05, 4.69) is 21.4 Å². The number of likely N-dealkylation sites (tertiary alicyclic amines) is 1. The highest BCUT2D eigenvalue weighted by atomic mass is 19.4. The predicted octanol–water partition coefficient (Wildman–Crippen LogP) is 3.43. The first-order valence-electron chi connectivity index (χ1n) is 8.79. The van der Waals surface area contributed by atoms with E-state index in [1.54, 1.807) is 6.20 Å². The summed E-state index contributed by atoms with van der Waals surface area (Å²) < 4.78 is 37.2. The van der Waals surface area contributed by atoms with Crippen molar-refractivity contribution in [1.82, 2.24) is 14.9 Å². The summed E-state index contributed by atoms with van der Waals surface area (Å²) in [4.78, 5) is 20.8. The number of H-pyrrole nitrogens is 1. The molecule has 0 bridgehead atoms. The van der Waals surface area contributed by atoms with Crippen LogP contribution in [0.4, 0.5) is 18.9 Å². The molecule has 27 heavy (non-hydrogen) atoms. The zero-order valence-electron chi connectivity index (χ0n) is 14.8. The van der Waals surface area contributed by atoms with Gasteiger partial charge in [-0.2, -0.15) is 18.4 Å². The zero-order valence-corrected chi connectivity index (χ0v) is 14.8. The summed E-state index contributed by atoms with van der Waals surface area (Å²) in [6.07, 6.45) is -2.01. The zero-order chi connectivity index (χ0) is 19.6. The molecule has 2 atom stereocenters. The number of aromatic amines is 1. The maximum absolute atomic E-state index is 12.4. The van der Waals surface area contributed by atoms with Crippen LogP contribution in [-0.4, -0.2) is 46.1 Å². The number of pyridine rings is 1. The van der Waals surface area contributed by atoms with Crippen LogP contribution < -0.4 is 5.32 Å². The van der Waals surface area contributed by atoms with Crippen molar-refractivity contribution in [1.29, 1.82) is 5.26 Å². The minimum atomic E-state index is -4.34. The number of anilines is 1. The van der Waals surface area contributed by atoms with Crippen LogP contribution >= 0.6 is 0 Å². The number of rotatable bonds is 5. The Bertz CT molecular complexity index is 870. The van der Waals surface area contributed by atoms with Crippen molar-refractivity contribution in [3.8, 4) is 6.07 Å². The number of nitrogens with zero attached hydrogens (tertiary/aromatic N) is 3. The molecule has 0 saturated carbocycles. The van der Waals surface area contributed by atoms with E-state index in [0.717, 1.165) is 11.8 Å². The van der Waals surface area contributed by atoms with Gasteiger partial charge < -0.3 is 15.2 Å². The fourth-order valence-corrected chi connectivity index (χ4v) is 3.49. The normalized spacial score (nSPS) is 20.0. The van der Waals surface area contributed by atoms with Gasteiger partial charge in [-0.3, -0.25) is 4.79 Å². The largest absolute Gasteiger partial charge is 0.389 e. The first kappa shape index (κ1) is 19.0. The lowest BCUT2D eigenvalue weighted by Gasteiger charge is -2.21. The number of halogens is 3. The Morgan fingerprint density at radius 3 is 2.93 bits per heavy atom. The van der Waals surface area contributed by atoms with Gasteiger partial charge in [-0.05, 0) is 18.4 Å². The monoisotopic (exact) mass is 379 g/mol. The smallest absolute Gasteiger partial charge is 0.378 e.